The summed E-state index contributed by atoms with van der Waals surface area (Å²) in [6.07, 6.45) is 15.9. The van der Waals surface area contributed by atoms with Crippen LogP contribution < -0.4 is 9.64 Å². The van der Waals surface area contributed by atoms with E-state index in [4.69, 9.17) is 16.3 Å². The van der Waals surface area contributed by atoms with Crippen LogP contribution in [0.3, 0.4) is 0 Å². The molecule has 3 aliphatic carbocycles. The number of thioether (sulfide) groups is 1. The summed E-state index contributed by atoms with van der Waals surface area (Å²) >= 11 is 8.17. The third-order valence-electron chi connectivity index (χ3n) is 11.1. The van der Waals surface area contributed by atoms with Crippen molar-refractivity contribution >= 4 is 40.8 Å². The number of hydrogen-bond donors (Lipinski definition) is 1. The maximum absolute atomic E-state index is 13.7. The topological polar surface area (TPSA) is 92.6 Å². The Morgan fingerprint density at radius 2 is 1.96 bits per heavy atom. The molecule has 2 aromatic carbocycles. The first kappa shape index (κ1) is 32.2. The summed E-state index contributed by atoms with van der Waals surface area (Å²) in [6, 6.07) is 13.2. The van der Waals surface area contributed by atoms with Crippen molar-refractivity contribution in [3.63, 3.8) is 0 Å². The van der Waals surface area contributed by atoms with Gasteiger partial charge in [0.15, 0.2) is 10.9 Å². The number of carboxylic acid groups (broad SMARTS) is 1. The van der Waals surface area contributed by atoms with Gasteiger partial charge < -0.3 is 14.7 Å². The highest BCUT2D eigenvalue weighted by Gasteiger charge is 2.44. The third kappa shape index (κ3) is 6.68. The van der Waals surface area contributed by atoms with Crippen LogP contribution in [-0.2, 0) is 16.6 Å². The molecule has 47 heavy (non-hydrogen) atoms. The Bertz CT molecular complexity index is 1670. The summed E-state index contributed by atoms with van der Waals surface area (Å²) < 4.78 is 6.51. The van der Waals surface area contributed by atoms with Gasteiger partial charge in [0.2, 0.25) is 0 Å². The molecule has 2 saturated carbocycles. The van der Waals surface area contributed by atoms with Gasteiger partial charge in [0.25, 0.3) is 0 Å². The van der Waals surface area contributed by atoms with Crippen molar-refractivity contribution in [3.05, 3.63) is 88.7 Å². The van der Waals surface area contributed by atoms with Gasteiger partial charge in [-0.05, 0) is 116 Å². The molecular weight excluding hydrogens is 630 g/mol. The minimum atomic E-state index is -0.958. The second kappa shape index (κ2) is 13.6. The smallest absolute Gasteiger partial charge is 0.335 e. The average Bonchev–Trinajstić information content (AvgIpc) is 3.20. The number of aryl methyl sites for hydroxylation is 1. The van der Waals surface area contributed by atoms with Crippen LogP contribution in [0.1, 0.15) is 73.4 Å². The normalized spacial score (nSPS) is 28.6. The SMILES string of the molecule is C[C@H]1[C@@H](Sc2ncccn2)CCC[C@@H]1/C=C/C(=O)[C@@H]1CC[C@H]1CN1CC2(CCCc3cc(Cl)ccc32)COc2ccc(C(=O)O)cc21. The number of carboxylic acids is 1. The molecule has 7 nitrogen and oxygen atoms in total. The second-order valence-electron chi connectivity index (χ2n) is 13.9. The zero-order valence-corrected chi connectivity index (χ0v) is 28.4. The zero-order valence-electron chi connectivity index (χ0n) is 26.8. The van der Waals surface area contributed by atoms with Gasteiger partial charge in [-0.15, -0.1) is 0 Å². The largest absolute Gasteiger partial charge is 0.490 e. The molecule has 1 aromatic heterocycles. The first-order valence-corrected chi connectivity index (χ1v) is 18.3. The van der Waals surface area contributed by atoms with Gasteiger partial charge in [0.05, 0.1) is 17.9 Å². The van der Waals surface area contributed by atoms with E-state index >= 15 is 0 Å². The Kier molecular flexibility index (Phi) is 9.34. The Labute approximate surface area is 286 Å². The highest BCUT2D eigenvalue weighted by atomic mass is 35.5. The molecule has 9 heteroatoms. The molecule has 1 spiro atoms. The van der Waals surface area contributed by atoms with Gasteiger partial charge in [-0.25, -0.2) is 14.8 Å². The minimum Gasteiger partial charge on any atom is -0.490 e. The van der Waals surface area contributed by atoms with E-state index in [0.717, 1.165) is 67.2 Å². The molecule has 246 valence electrons. The van der Waals surface area contributed by atoms with E-state index in [9.17, 15) is 14.7 Å². The van der Waals surface area contributed by atoms with Crippen molar-refractivity contribution in [1.29, 1.82) is 0 Å². The Morgan fingerprint density at radius 1 is 1.11 bits per heavy atom. The van der Waals surface area contributed by atoms with E-state index in [1.807, 2.05) is 18.2 Å². The van der Waals surface area contributed by atoms with Crippen LogP contribution in [0.5, 0.6) is 5.75 Å². The van der Waals surface area contributed by atoms with E-state index in [1.54, 1.807) is 42.4 Å². The summed E-state index contributed by atoms with van der Waals surface area (Å²) in [5.74, 6) is 0.912. The molecule has 3 aromatic rings. The summed E-state index contributed by atoms with van der Waals surface area (Å²) in [5, 5.41) is 11.8. The summed E-state index contributed by atoms with van der Waals surface area (Å²) in [4.78, 5) is 36.9. The van der Waals surface area contributed by atoms with Crippen molar-refractivity contribution in [1.82, 2.24) is 9.97 Å². The number of rotatable bonds is 8. The quantitative estimate of drug-likeness (QED) is 0.190. The first-order chi connectivity index (χ1) is 22.8. The van der Waals surface area contributed by atoms with Gasteiger partial charge in [0, 0.05) is 47.1 Å². The average molecular weight is 672 g/mol. The number of carbonyl (C=O) groups is 2. The molecule has 0 radical (unpaired) electrons. The number of ether oxygens (including phenoxy) is 1. The van der Waals surface area contributed by atoms with Crippen molar-refractivity contribution < 1.29 is 19.4 Å². The predicted octanol–water partition coefficient (Wildman–Crippen LogP) is 8.05. The third-order valence-corrected chi connectivity index (χ3v) is 12.7. The van der Waals surface area contributed by atoms with Gasteiger partial charge >= 0.3 is 5.97 Å². The van der Waals surface area contributed by atoms with Crippen molar-refractivity contribution in [3.8, 4) is 5.75 Å². The molecule has 2 heterocycles. The molecule has 1 aliphatic heterocycles. The van der Waals surface area contributed by atoms with Crippen molar-refractivity contribution in [2.45, 2.75) is 74.1 Å². The molecule has 4 aliphatic rings. The van der Waals surface area contributed by atoms with Gasteiger partial charge in [-0.3, -0.25) is 4.79 Å². The summed E-state index contributed by atoms with van der Waals surface area (Å²) in [5.41, 5.74) is 3.33. The van der Waals surface area contributed by atoms with Crippen LogP contribution >= 0.6 is 23.4 Å². The van der Waals surface area contributed by atoms with Crippen LogP contribution in [0.4, 0.5) is 5.69 Å². The van der Waals surface area contributed by atoms with Crippen LogP contribution in [0, 0.1) is 23.7 Å². The molecule has 1 unspecified atom stereocenters. The maximum Gasteiger partial charge on any atom is 0.335 e. The Balaban J connectivity index is 1.09. The number of halogens is 1. The molecule has 6 atom stereocenters. The van der Waals surface area contributed by atoms with Gasteiger partial charge in [0.1, 0.15) is 5.75 Å². The molecule has 0 bridgehead atoms. The maximum atomic E-state index is 13.7. The highest BCUT2D eigenvalue weighted by molar-refractivity contribution is 7.99. The number of ketones is 1. The lowest BCUT2D eigenvalue weighted by Gasteiger charge is -2.44. The fourth-order valence-corrected chi connectivity index (χ4v) is 9.72. The van der Waals surface area contributed by atoms with E-state index in [1.165, 1.54) is 11.1 Å². The Morgan fingerprint density at radius 3 is 2.74 bits per heavy atom. The number of hydrogen-bond acceptors (Lipinski definition) is 7. The van der Waals surface area contributed by atoms with Crippen molar-refractivity contribution in [2.75, 3.05) is 24.6 Å². The number of anilines is 1. The fourth-order valence-electron chi connectivity index (χ4n) is 8.31. The van der Waals surface area contributed by atoms with Crippen LogP contribution in [0.25, 0.3) is 0 Å². The molecular formula is C38H42ClN3O4S. The first-order valence-electron chi connectivity index (χ1n) is 17.0. The molecule has 0 amide bonds. The number of fused-ring (bicyclic) bond motifs is 3. The Hall–Kier alpha value is -3.36. The summed E-state index contributed by atoms with van der Waals surface area (Å²) in [7, 11) is 0. The van der Waals surface area contributed by atoms with Gasteiger partial charge in [-0.1, -0.05) is 48.8 Å². The zero-order chi connectivity index (χ0) is 32.5. The van der Waals surface area contributed by atoms with E-state index in [2.05, 4.69) is 40.0 Å². The molecule has 1 N–H and O–H groups in total. The standard InChI is InChI=1S/C38H42ClN3O4S/c1-24-25(5-2-7-35(24)47-37-40-17-4-18-41-37)9-14-33(43)30-12-8-28(30)21-42-22-38(16-3-6-26-19-29(39)11-13-31(26)38)23-46-34-15-10-27(36(44)45)20-32(34)42/h4,9-11,13-15,17-20,24-25,28,30,35H,2-3,5-8,12,16,21-23H2,1H3,(H,44,45)/b14-9+/t24-,25-,28+,30-,35+,38?/m1/s1. The number of aromatic carboxylic acids is 1. The lowest BCUT2D eigenvalue weighted by atomic mass is 9.68. The molecule has 0 saturated heterocycles. The molecule has 7 rings (SSSR count). The lowest BCUT2D eigenvalue weighted by molar-refractivity contribution is -0.122. The van der Waals surface area contributed by atoms with Gasteiger partial charge in [-0.2, -0.15) is 0 Å². The lowest BCUT2D eigenvalue weighted by Crippen LogP contribution is -2.49. The molecule has 2 fully saturated rings. The number of benzene rings is 2. The van der Waals surface area contributed by atoms with E-state index in [-0.39, 0.29) is 28.6 Å². The van der Waals surface area contributed by atoms with Crippen LogP contribution in [0.15, 0.2) is 72.2 Å². The number of allylic oxidation sites excluding steroid dienone is 2. The second-order valence-corrected chi connectivity index (χ2v) is 15.6. The highest BCUT2D eigenvalue weighted by Crippen LogP contribution is 2.47. The number of aromatic nitrogens is 2. The van der Waals surface area contributed by atoms with E-state index in [0.29, 0.717) is 42.5 Å². The monoisotopic (exact) mass is 671 g/mol. The van der Waals surface area contributed by atoms with Crippen LogP contribution in [0.2, 0.25) is 5.02 Å². The fraction of sp³-hybridized carbons (Fsp3) is 0.474. The van der Waals surface area contributed by atoms with E-state index < -0.39 is 5.97 Å². The minimum absolute atomic E-state index is 0.0308. The van der Waals surface area contributed by atoms with Crippen molar-refractivity contribution in [2.24, 2.45) is 23.7 Å². The summed E-state index contributed by atoms with van der Waals surface area (Å²) in [6.45, 7) is 4.20. The predicted molar refractivity (Wildman–Crippen MR) is 186 cm³/mol. The number of nitrogens with zero attached hydrogens (tertiary/aromatic N) is 3. The number of carbonyl (C=O) groups excluding carboxylic acids is 1. The van der Waals surface area contributed by atoms with Crippen LogP contribution in [-0.4, -0.2) is 51.8 Å².